The van der Waals surface area contributed by atoms with E-state index in [0.717, 1.165) is 10.0 Å². The highest BCUT2D eigenvalue weighted by Gasteiger charge is 2.27. The number of rotatable bonds is 2. The van der Waals surface area contributed by atoms with Gasteiger partial charge in [-0.15, -0.1) is 0 Å². The van der Waals surface area contributed by atoms with E-state index in [1.807, 2.05) is 12.1 Å². The van der Waals surface area contributed by atoms with Crippen LogP contribution in [0, 0.1) is 0 Å². The number of fused-ring (bicyclic) bond motifs is 1. The van der Waals surface area contributed by atoms with Crippen LogP contribution in [0.15, 0.2) is 28.2 Å². The Balaban J connectivity index is 2.37. The van der Waals surface area contributed by atoms with E-state index >= 15 is 0 Å². The minimum absolute atomic E-state index is 0.120. The number of carbonyl (C=O) groups excluding carboxylic acids is 1. The number of halogens is 2. The maximum atomic E-state index is 13.9. The fraction of sp³-hybridized carbons (Fsp3) is 0.250. The average Bonchev–Trinajstić information content (AvgIpc) is 2.57. The molecule has 4 heteroatoms. The van der Waals surface area contributed by atoms with Gasteiger partial charge in [0, 0.05) is 16.5 Å². The van der Waals surface area contributed by atoms with Crippen molar-refractivity contribution in [2.75, 3.05) is 6.61 Å². The molecule has 1 aromatic carbocycles. The van der Waals surface area contributed by atoms with Crippen molar-refractivity contribution in [3.8, 4) is 0 Å². The molecule has 0 saturated heterocycles. The normalized spacial score (nSPS) is 13.9. The molecule has 1 aliphatic rings. The van der Waals surface area contributed by atoms with Crippen LogP contribution in [-0.4, -0.2) is 12.6 Å². The van der Waals surface area contributed by atoms with Crippen LogP contribution in [0.4, 0.5) is 4.39 Å². The van der Waals surface area contributed by atoms with Crippen molar-refractivity contribution in [1.29, 1.82) is 0 Å². The summed E-state index contributed by atoms with van der Waals surface area (Å²) in [5.74, 6) is -1.03. The first-order valence-electron chi connectivity index (χ1n) is 4.98. The number of benzene rings is 1. The summed E-state index contributed by atoms with van der Waals surface area (Å²) in [5.41, 5.74) is 1.43. The molecule has 0 fully saturated rings. The highest BCUT2D eigenvalue weighted by molar-refractivity contribution is 9.10. The standard InChI is InChI=1S/C12H10BrFO2/c1-2-16-12(15)10-5-7-3-4-8(13)6-9(7)11(10)14/h3-4,6H,2,5H2,1H3. The molecule has 16 heavy (non-hydrogen) atoms. The number of hydrogen-bond acceptors (Lipinski definition) is 2. The Morgan fingerprint density at radius 3 is 3.00 bits per heavy atom. The quantitative estimate of drug-likeness (QED) is 0.780. The summed E-state index contributed by atoms with van der Waals surface area (Å²) in [5, 5.41) is 0. The third-order valence-electron chi connectivity index (χ3n) is 2.46. The van der Waals surface area contributed by atoms with Gasteiger partial charge in [-0.25, -0.2) is 9.18 Å². The van der Waals surface area contributed by atoms with Gasteiger partial charge in [-0.3, -0.25) is 0 Å². The van der Waals surface area contributed by atoms with E-state index in [2.05, 4.69) is 15.9 Å². The molecule has 1 aliphatic carbocycles. The minimum atomic E-state index is -0.563. The van der Waals surface area contributed by atoms with Crippen LogP contribution < -0.4 is 0 Å². The fourth-order valence-electron chi connectivity index (χ4n) is 1.72. The van der Waals surface area contributed by atoms with Gasteiger partial charge in [-0.05, 0) is 24.6 Å². The van der Waals surface area contributed by atoms with Gasteiger partial charge >= 0.3 is 5.97 Å². The first-order chi connectivity index (χ1) is 7.63. The summed E-state index contributed by atoms with van der Waals surface area (Å²) in [6.45, 7) is 1.96. The van der Waals surface area contributed by atoms with Crippen molar-refractivity contribution in [3.63, 3.8) is 0 Å². The first kappa shape index (κ1) is 11.3. The zero-order valence-electron chi connectivity index (χ0n) is 8.72. The molecule has 2 rings (SSSR count). The van der Waals surface area contributed by atoms with Gasteiger partial charge in [-0.1, -0.05) is 22.0 Å². The summed E-state index contributed by atoms with van der Waals surface area (Å²) in [4.78, 5) is 11.5. The molecule has 0 unspecified atom stereocenters. The van der Waals surface area contributed by atoms with Crippen molar-refractivity contribution in [2.24, 2.45) is 0 Å². The van der Waals surface area contributed by atoms with E-state index in [4.69, 9.17) is 4.74 Å². The molecule has 1 aromatic rings. The average molecular weight is 285 g/mol. The molecular weight excluding hydrogens is 275 g/mol. The third-order valence-corrected chi connectivity index (χ3v) is 2.96. The molecule has 0 heterocycles. The summed E-state index contributed by atoms with van der Waals surface area (Å²) < 4.78 is 19.5. The smallest absolute Gasteiger partial charge is 0.337 e. The Morgan fingerprint density at radius 2 is 2.31 bits per heavy atom. The topological polar surface area (TPSA) is 26.3 Å². The van der Waals surface area contributed by atoms with Crippen LogP contribution in [0.2, 0.25) is 0 Å². The second kappa shape index (κ2) is 4.37. The molecule has 84 valence electrons. The number of ether oxygens (including phenoxy) is 1. The van der Waals surface area contributed by atoms with Crippen LogP contribution >= 0.6 is 15.9 Å². The Labute approximate surface area is 101 Å². The van der Waals surface area contributed by atoms with Gasteiger partial charge in [0.25, 0.3) is 0 Å². The second-order valence-corrected chi connectivity index (χ2v) is 4.41. The molecule has 0 amide bonds. The molecule has 2 nitrogen and oxygen atoms in total. The maximum Gasteiger partial charge on any atom is 0.337 e. The number of hydrogen-bond donors (Lipinski definition) is 0. The molecule has 0 atom stereocenters. The van der Waals surface area contributed by atoms with E-state index in [1.165, 1.54) is 0 Å². The second-order valence-electron chi connectivity index (χ2n) is 3.49. The van der Waals surface area contributed by atoms with Crippen molar-refractivity contribution >= 4 is 27.7 Å². The van der Waals surface area contributed by atoms with Gasteiger partial charge in [0.2, 0.25) is 0 Å². The van der Waals surface area contributed by atoms with Gasteiger partial charge in [0.15, 0.2) is 0 Å². The molecule has 0 aliphatic heterocycles. The summed E-state index contributed by atoms with van der Waals surface area (Å²) in [7, 11) is 0. The van der Waals surface area contributed by atoms with Crippen molar-refractivity contribution in [1.82, 2.24) is 0 Å². The SMILES string of the molecule is CCOC(=O)C1=C(F)c2cc(Br)ccc2C1. The predicted molar refractivity (Wildman–Crippen MR) is 62.5 cm³/mol. The highest BCUT2D eigenvalue weighted by atomic mass is 79.9. The van der Waals surface area contributed by atoms with Crippen LogP contribution in [-0.2, 0) is 16.0 Å². The Bertz CT molecular complexity index is 480. The largest absolute Gasteiger partial charge is 0.463 e. The molecule has 0 aromatic heterocycles. The monoisotopic (exact) mass is 284 g/mol. The summed E-state index contributed by atoms with van der Waals surface area (Å²) in [6.07, 6.45) is 0.313. The Morgan fingerprint density at radius 1 is 1.56 bits per heavy atom. The van der Waals surface area contributed by atoms with Crippen LogP contribution in [0.3, 0.4) is 0 Å². The van der Waals surface area contributed by atoms with Gasteiger partial charge in [0.1, 0.15) is 5.83 Å². The van der Waals surface area contributed by atoms with Crippen LogP contribution in [0.5, 0.6) is 0 Å². The molecule has 0 N–H and O–H groups in total. The first-order valence-corrected chi connectivity index (χ1v) is 5.77. The summed E-state index contributed by atoms with van der Waals surface area (Å²) >= 11 is 3.27. The van der Waals surface area contributed by atoms with E-state index in [9.17, 15) is 9.18 Å². The fourth-order valence-corrected chi connectivity index (χ4v) is 2.08. The van der Waals surface area contributed by atoms with E-state index in [-0.39, 0.29) is 12.2 Å². The van der Waals surface area contributed by atoms with Gasteiger partial charge < -0.3 is 4.74 Å². The number of esters is 1. The number of carbonyl (C=O) groups is 1. The van der Waals surface area contributed by atoms with Crippen molar-refractivity contribution in [2.45, 2.75) is 13.3 Å². The maximum absolute atomic E-state index is 13.9. The zero-order valence-corrected chi connectivity index (χ0v) is 10.3. The van der Waals surface area contributed by atoms with Crippen molar-refractivity contribution < 1.29 is 13.9 Å². The Hall–Kier alpha value is -1.16. The lowest BCUT2D eigenvalue weighted by Gasteiger charge is -2.01. The molecule has 0 saturated carbocycles. The molecular formula is C12H10BrFO2. The van der Waals surface area contributed by atoms with Crippen molar-refractivity contribution in [3.05, 3.63) is 39.4 Å². The Kier molecular flexibility index (Phi) is 3.10. The van der Waals surface area contributed by atoms with Gasteiger partial charge in [-0.2, -0.15) is 0 Å². The minimum Gasteiger partial charge on any atom is -0.463 e. The van der Waals surface area contributed by atoms with E-state index < -0.39 is 11.8 Å². The lowest BCUT2D eigenvalue weighted by molar-refractivity contribution is -0.138. The molecule has 0 bridgehead atoms. The van der Waals surface area contributed by atoms with Gasteiger partial charge in [0.05, 0.1) is 12.2 Å². The third kappa shape index (κ3) is 1.89. The lowest BCUT2D eigenvalue weighted by Crippen LogP contribution is -2.08. The van der Waals surface area contributed by atoms with Crippen LogP contribution in [0.25, 0.3) is 5.83 Å². The molecule has 0 radical (unpaired) electrons. The summed E-state index contributed by atoms with van der Waals surface area (Å²) in [6, 6.07) is 5.32. The van der Waals surface area contributed by atoms with E-state index in [1.54, 1.807) is 13.0 Å². The highest BCUT2D eigenvalue weighted by Crippen LogP contribution is 2.35. The molecule has 0 spiro atoms. The zero-order chi connectivity index (χ0) is 11.7. The van der Waals surface area contributed by atoms with E-state index in [0.29, 0.717) is 12.0 Å². The lowest BCUT2D eigenvalue weighted by atomic mass is 10.1. The van der Waals surface area contributed by atoms with Crippen LogP contribution in [0.1, 0.15) is 18.1 Å². The predicted octanol–water partition coefficient (Wildman–Crippen LogP) is 3.25.